The average Bonchev–Trinajstić information content (AvgIpc) is 2.33. The number of carbonyl (C=O) groups excluding carboxylic acids is 1. The molecule has 5 heteroatoms. The molecule has 5 nitrogen and oxygen atoms in total. The van der Waals surface area contributed by atoms with E-state index in [1.165, 1.54) is 0 Å². The van der Waals surface area contributed by atoms with Crippen LogP contribution in [-0.4, -0.2) is 48.4 Å². The molecule has 1 aliphatic heterocycles. The topological polar surface area (TPSA) is 64.8 Å². The standard InChI is InChI=1S/C15H28N2O3/c1-11(2)6-7-12(16)13-10-19-9-8-17(13)14(18)20-15(3,4)5/h12-13H,1,6-10,16H2,2-5H3. The molecule has 1 heterocycles. The Hall–Kier alpha value is -1.07. The van der Waals surface area contributed by atoms with Gasteiger partial charge in [0.15, 0.2) is 0 Å². The van der Waals surface area contributed by atoms with Crippen LogP contribution in [0.25, 0.3) is 0 Å². The highest BCUT2D eigenvalue weighted by Gasteiger charge is 2.34. The van der Waals surface area contributed by atoms with Crippen molar-refractivity contribution >= 4 is 6.09 Å². The second-order valence-corrected chi connectivity index (χ2v) is 6.48. The van der Waals surface area contributed by atoms with E-state index < -0.39 is 5.60 Å². The monoisotopic (exact) mass is 284 g/mol. The highest BCUT2D eigenvalue weighted by atomic mass is 16.6. The number of hydrogen-bond acceptors (Lipinski definition) is 4. The van der Waals surface area contributed by atoms with Crippen LogP contribution in [-0.2, 0) is 9.47 Å². The summed E-state index contributed by atoms with van der Waals surface area (Å²) in [5, 5.41) is 0. The summed E-state index contributed by atoms with van der Waals surface area (Å²) in [6.07, 6.45) is 1.35. The van der Waals surface area contributed by atoms with Crippen molar-refractivity contribution in [1.82, 2.24) is 4.90 Å². The lowest BCUT2D eigenvalue weighted by Crippen LogP contribution is -2.57. The third-order valence-corrected chi connectivity index (χ3v) is 3.19. The fraction of sp³-hybridized carbons (Fsp3) is 0.800. The number of morpholine rings is 1. The van der Waals surface area contributed by atoms with Gasteiger partial charge in [-0.2, -0.15) is 0 Å². The van der Waals surface area contributed by atoms with Gasteiger partial charge < -0.3 is 15.2 Å². The molecule has 0 radical (unpaired) electrons. The van der Waals surface area contributed by atoms with Crippen LogP contribution in [0.15, 0.2) is 12.2 Å². The Balaban J connectivity index is 2.66. The van der Waals surface area contributed by atoms with Crippen LogP contribution in [0.2, 0.25) is 0 Å². The van der Waals surface area contributed by atoms with Crippen LogP contribution < -0.4 is 5.73 Å². The van der Waals surface area contributed by atoms with Crippen LogP contribution in [0.4, 0.5) is 4.79 Å². The smallest absolute Gasteiger partial charge is 0.410 e. The number of rotatable bonds is 4. The molecule has 1 saturated heterocycles. The molecule has 116 valence electrons. The second-order valence-electron chi connectivity index (χ2n) is 6.48. The maximum atomic E-state index is 12.2. The van der Waals surface area contributed by atoms with Gasteiger partial charge >= 0.3 is 6.09 Å². The summed E-state index contributed by atoms with van der Waals surface area (Å²) in [7, 11) is 0. The molecule has 0 aliphatic carbocycles. The Morgan fingerprint density at radius 2 is 2.20 bits per heavy atom. The van der Waals surface area contributed by atoms with Crippen molar-refractivity contribution in [1.29, 1.82) is 0 Å². The molecular formula is C15H28N2O3. The third-order valence-electron chi connectivity index (χ3n) is 3.19. The lowest BCUT2D eigenvalue weighted by Gasteiger charge is -2.39. The van der Waals surface area contributed by atoms with Gasteiger partial charge in [0.05, 0.1) is 19.3 Å². The van der Waals surface area contributed by atoms with Gasteiger partial charge in [0.1, 0.15) is 5.60 Å². The molecule has 0 bridgehead atoms. The van der Waals surface area contributed by atoms with E-state index in [-0.39, 0.29) is 18.2 Å². The second kappa shape index (κ2) is 7.09. The molecule has 0 aromatic heterocycles. The molecule has 2 N–H and O–H groups in total. The first-order valence-electron chi connectivity index (χ1n) is 7.18. The lowest BCUT2D eigenvalue weighted by molar-refractivity contribution is -0.0384. The largest absolute Gasteiger partial charge is 0.444 e. The quantitative estimate of drug-likeness (QED) is 0.805. The van der Waals surface area contributed by atoms with E-state index in [1.54, 1.807) is 4.90 Å². The molecule has 0 aromatic rings. The fourth-order valence-electron chi connectivity index (χ4n) is 2.13. The summed E-state index contributed by atoms with van der Waals surface area (Å²) in [6.45, 7) is 13.0. The van der Waals surface area contributed by atoms with E-state index in [2.05, 4.69) is 6.58 Å². The highest BCUT2D eigenvalue weighted by Crippen LogP contribution is 2.18. The third kappa shape index (κ3) is 5.51. The molecule has 1 amide bonds. The molecule has 2 unspecified atom stereocenters. The minimum Gasteiger partial charge on any atom is -0.444 e. The minimum absolute atomic E-state index is 0.125. The average molecular weight is 284 g/mol. The summed E-state index contributed by atoms with van der Waals surface area (Å²) >= 11 is 0. The molecule has 1 rings (SSSR count). The summed E-state index contributed by atoms with van der Waals surface area (Å²) in [5.74, 6) is 0. The van der Waals surface area contributed by atoms with Gasteiger partial charge in [-0.15, -0.1) is 6.58 Å². The first-order valence-corrected chi connectivity index (χ1v) is 7.18. The van der Waals surface area contributed by atoms with Crippen molar-refractivity contribution in [2.75, 3.05) is 19.8 Å². The summed E-state index contributed by atoms with van der Waals surface area (Å²) in [6, 6.07) is -0.252. The van der Waals surface area contributed by atoms with Gasteiger partial charge in [0, 0.05) is 12.6 Å². The molecule has 0 aromatic carbocycles. The van der Waals surface area contributed by atoms with Gasteiger partial charge in [-0.25, -0.2) is 4.79 Å². The van der Waals surface area contributed by atoms with Crippen LogP contribution in [0.5, 0.6) is 0 Å². The summed E-state index contributed by atoms with van der Waals surface area (Å²) < 4.78 is 10.9. The van der Waals surface area contributed by atoms with E-state index in [0.29, 0.717) is 19.8 Å². The van der Waals surface area contributed by atoms with Crippen molar-refractivity contribution < 1.29 is 14.3 Å². The van der Waals surface area contributed by atoms with Crippen molar-refractivity contribution in [3.05, 3.63) is 12.2 Å². The Morgan fingerprint density at radius 3 is 2.75 bits per heavy atom. The molecule has 0 saturated carbocycles. The molecule has 0 spiro atoms. The van der Waals surface area contributed by atoms with Gasteiger partial charge in [0.2, 0.25) is 0 Å². The van der Waals surface area contributed by atoms with E-state index in [4.69, 9.17) is 15.2 Å². The summed E-state index contributed by atoms with van der Waals surface area (Å²) in [4.78, 5) is 13.9. The maximum absolute atomic E-state index is 12.2. The number of nitrogens with zero attached hydrogens (tertiary/aromatic N) is 1. The number of amides is 1. The highest BCUT2D eigenvalue weighted by molar-refractivity contribution is 5.68. The molecule has 1 fully saturated rings. The van der Waals surface area contributed by atoms with Gasteiger partial charge in [-0.1, -0.05) is 5.57 Å². The van der Waals surface area contributed by atoms with E-state index in [0.717, 1.165) is 18.4 Å². The first kappa shape index (κ1) is 17.0. The van der Waals surface area contributed by atoms with Gasteiger partial charge in [-0.05, 0) is 40.5 Å². The Morgan fingerprint density at radius 1 is 1.55 bits per heavy atom. The van der Waals surface area contributed by atoms with Crippen molar-refractivity contribution in [2.24, 2.45) is 5.73 Å². The molecule has 1 aliphatic rings. The predicted molar refractivity (Wildman–Crippen MR) is 79.6 cm³/mol. The lowest BCUT2D eigenvalue weighted by atomic mass is 10.00. The Kier molecular flexibility index (Phi) is 6.02. The zero-order valence-corrected chi connectivity index (χ0v) is 13.1. The van der Waals surface area contributed by atoms with Gasteiger partial charge in [-0.3, -0.25) is 4.90 Å². The van der Waals surface area contributed by atoms with Crippen molar-refractivity contribution in [3.63, 3.8) is 0 Å². The fourth-order valence-corrected chi connectivity index (χ4v) is 2.13. The number of nitrogens with two attached hydrogens (primary N) is 1. The van der Waals surface area contributed by atoms with Crippen LogP contribution in [0.3, 0.4) is 0 Å². The number of allylic oxidation sites excluding steroid dienone is 1. The van der Waals surface area contributed by atoms with Crippen molar-refractivity contribution in [3.8, 4) is 0 Å². The molecule has 2 atom stereocenters. The minimum atomic E-state index is -0.498. The van der Waals surface area contributed by atoms with E-state index in [9.17, 15) is 4.79 Å². The van der Waals surface area contributed by atoms with Crippen LogP contribution in [0.1, 0.15) is 40.5 Å². The number of ether oxygens (including phenoxy) is 2. The first-order chi connectivity index (χ1) is 9.20. The van der Waals surface area contributed by atoms with Gasteiger partial charge in [0.25, 0.3) is 0 Å². The summed E-state index contributed by atoms with van der Waals surface area (Å²) in [5.41, 5.74) is 6.82. The number of carbonyl (C=O) groups is 1. The molecular weight excluding hydrogens is 256 g/mol. The molecule has 20 heavy (non-hydrogen) atoms. The van der Waals surface area contributed by atoms with E-state index in [1.807, 2.05) is 27.7 Å². The zero-order chi connectivity index (χ0) is 15.3. The van der Waals surface area contributed by atoms with E-state index >= 15 is 0 Å². The SMILES string of the molecule is C=C(C)CCC(N)C1COCCN1C(=O)OC(C)(C)C. The van der Waals surface area contributed by atoms with Crippen LogP contribution >= 0.6 is 0 Å². The Bertz CT molecular complexity index is 350. The zero-order valence-electron chi connectivity index (χ0n) is 13.1. The normalized spacial score (nSPS) is 21.4. The predicted octanol–water partition coefficient (Wildman–Crippen LogP) is 2.31. The van der Waals surface area contributed by atoms with Crippen LogP contribution in [0, 0.1) is 0 Å². The Labute approximate surface area is 122 Å². The van der Waals surface area contributed by atoms with Crippen molar-refractivity contribution in [2.45, 2.75) is 58.2 Å². The number of hydrogen-bond donors (Lipinski definition) is 1. The maximum Gasteiger partial charge on any atom is 0.410 e.